The van der Waals surface area contributed by atoms with Gasteiger partial charge in [0.05, 0.1) is 6.10 Å². The molecule has 0 saturated carbocycles. The summed E-state index contributed by atoms with van der Waals surface area (Å²) >= 11 is 0. The summed E-state index contributed by atoms with van der Waals surface area (Å²) < 4.78 is 0. The molecular formula is C13H21NO2. The summed E-state index contributed by atoms with van der Waals surface area (Å²) in [7, 11) is 0. The third kappa shape index (κ3) is 1.15. The molecule has 0 aromatic carbocycles. The van der Waals surface area contributed by atoms with Crippen LogP contribution in [-0.2, 0) is 4.79 Å². The van der Waals surface area contributed by atoms with Crippen LogP contribution in [0, 0.1) is 5.92 Å². The first-order valence-corrected chi connectivity index (χ1v) is 6.69. The number of unbranched alkanes of at least 4 members (excludes halogenated alkanes) is 1. The quantitative estimate of drug-likeness (QED) is 0.791. The first-order chi connectivity index (χ1) is 7.69. The van der Waals surface area contributed by atoms with Gasteiger partial charge < -0.3 is 10.0 Å². The van der Waals surface area contributed by atoms with Gasteiger partial charge in [-0.25, -0.2) is 0 Å². The number of aliphatic hydroxyl groups is 1. The highest BCUT2D eigenvalue weighted by Gasteiger charge is 2.63. The lowest BCUT2D eigenvalue weighted by molar-refractivity contribution is -0.133. The molecule has 0 radical (unpaired) electrons. The molecule has 0 aromatic rings. The van der Waals surface area contributed by atoms with E-state index in [4.69, 9.17) is 0 Å². The van der Waals surface area contributed by atoms with E-state index in [-0.39, 0.29) is 17.6 Å². The molecule has 1 amide bonds. The van der Waals surface area contributed by atoms with Crippen LogP contribution in [0.15, 0.2) is 0 Å². The van der Waals surface area contributed by atoms with Gasteiger partial charge in [0.1, 0.15) is 0 Å². The van der Waals surface area contributed by atoms with E-state index in [0.717, 1.165) is 25.7 Å². The lowest BCUT2D eigenvalue weighted by Gasteiger charge is -2.45. The minimum atomic E-state index is -0.230. The van der Waals surface area contributed by atoms with Crippen molar-refractivity contribution >= 4 is 5.91 Å². The van der Waals surface area contributed by atoms with Crippen LogP contribution in [0.25, 0.3) is 0 Å². The molecule has 3 aliphatic heterocycles. The second-order valence-corrected chi connectivity index (χ2v) is 5.78. The van der Waals surface area contributed by atoms with Gasteiger partial charge in [-0.15, -0.1) is 0 Å². The fourth-order valence-electron chi connectivity index (χ4n) is 4.40. The van der Waals surface area contributed by atoms with Crippen molar-refractivity contribution in [3.63, 3.8) is 0 Å². The summed E-state index contributed by atoms with van der Waals surface area (Å²) in [5.41, 5.74) is 0.0510. The van der Waals surface area contributed by atoms with E-state index in [2.05, 4.69) is 11.8 Å². The molecule has 3 fully saturated rings. The van der Waals surface area contributed by atoms with Gasteiger partial charge in [-0.2, -0.15) is 0 Å². The van der Waals surface area contributed by atoms with Crippen molar-refractivity contribution in [2.45, 2.75) is 69.6 Å². The van der Waals surface area contributed by atoms with Gasteiger partial charge in [-0.3, -0.25) is 4.79 Å². The summed E-state index contributed by atoms with van der Waals surface area (Å²) in [6, 6.07) is 0.345. The predicted molar refractivity (Wildman–Crippen MR) is 60.9 cm³/mol. The Morgan fingerprint density at radius 3 is 3.12 bits per heavy atom. The average molecular weight is 223 g/mol. The van der Waals surface area contributed by atoms with Crippen LogP contribution in [0.4, 0.5) is 0 Å². The monoisotopic (exact) mass is 223 g/mol. The number of carbonyl (C=O) groups excluding carboxylic acids is 1. The highest BCUT2D eigenvalue weighted by atomic mass is 16.3. The summed E-state index contributed by atoms with van der Waals surface area (Å²) in [4.78, 5) is 14.2. The van der Waals surface area contributed by atoms with Crippen molar-refractivity contribution < 1.29 is 9.90 Å². The lowest BCUT2D eigenvalue weighted by Crippen LogP contribution is -2.55. The number of amides is 1. The number of hydrogen-bond acceptors (Lipinski definition) is 2. The third-order valence-electron chi connectivity index (χ3n) is 5.05. The van der Waals surface area contributed by atoms with Crippen LogP contribution >= 0.6 is 0 Å². The van der Waals surface area contributed by atoms with Gasteiger partial charge in [-0.1, -0.05) is 19.8 Å². The van der Waals surface area contributed by atoms with Crippen LogP contribution in [0.2, 0.25) is 0 Å². The van der Waals surface area contributed by atoms with Crippen LogP contribution in [-0.4, -0.2) is 33.6 Å². The second-order valence-electron chi connectivity index (χ2n) is 5.78. The molecule has 0 aliphatic carbocycles. The number of rotatable bonds is 3. The van der Waals surface area contributed by atoms with Crippen LogP contribution in [0.5, 0.6) is 0 Å². The van der Waals surface area contributed by atoms with E-state index in [1.807, 2.05) is 0 Å². The predicted octanol–water partition coefficient (Wildman–Crippen LogP) is 1.69. The molecule has 90 valence electrons. The van der Waals surface area contributed by atoms with Crippen molar-refractivity contribution in [1.82, 2.24) is 4.90 Å². The van der Waals surface area contributed by atoms with Gasteiger partial charge in [0.15, 0.2) is 0 Å². The maximum Gasteiger partial charge on any atom is 0.223 e. The van der Waals surface area contributed by atoms with E-state index in [1.165, 1.54) is 12.8 Å². The van der Waals surface area contributed by atoms with Crippen molar-refractivity contribution in [1.29, 1.82) is 0 Å². The van der Waals surface area contributed by atoms with E-state index < -0.39 is 0 Å². The van der Waals surface area contributed by atoms with E-state index in [9.17, 15) is 9.90 Å². The molecule has 0 spiro atoms. The molecule has 0 aromatic heterocycles. The zero-order chi connectivity index (χ0) is 11.3. The molecule has 3 rings (SSSR count). The van der Waals surface area contributed by atoms with Crippen LogP contribution in [0.1, 0.15) is 51.9 Å². The van der Waals surface area contributed by atoms with E-state index >= 15 is 0 Å². The second kappa shape index (κ2) is 3.46. The Morgan fingerprint density at radius 1 is 1.56 bits per heavy atom. The third-order valence-corrected chi connectivity index (χ3v) is 5.05. The molecular weight excluding hydrogens is 202 g/mol. The molecule has 4 atom stereocenters. The van der Waals surface area contributed by atoms with Gasteiger partial charge in [-0.05, 0) is 25.7 Å². The standard InChI is InChI=1S/C13H21NO2/c1-2-3-5-13-6-4-9-7-11(15)10(13)8-12(16)14(9)13/h9-11,15H,2-8H2,1H3/t9-,10-,11+,13+/m0/s1. The van der Waals surface area contributed by atoms with Crippen molar-refractivity contribution in [3.05, 3.63) is 0 Å². The molecule has 3 aliphatic rings. The number of carbonyl (C=O) groups is 1. The molecule has 3 heterocycles. The van der Waals surface area contributed by atoms with Crippen molar-refractivity contribution in [2.75, 3.05) is 0 Å². The maximum atomic E-state index is 12.0. The lowest BCUT2D eigenvalue weighted by atomic mass is 9.75. The average Bonchev–Trinajstić information content (AvgIpc) is 2.66. The SMILES string of the molecule is CCCC[C@@]12CC[C@H]3C[C@@H](O)[C@@H]1CC(=O)N32. The molecule has 3 nitrogen and oxygen atoms in total. The molecule has 4 bridgehead atoms. The van der Waals surface area contributed by atoms with E-state index in [0.29, 0.717) is 18.4 Å². The van der Waals surface area contributed by atoms with Gasteiger partial charge in [0.2, 0.25) is 5.91 Å². The fourth-order valence-corrected chi connectivity index (χ4v) is 4.40. The number of piperidine rings is 1. The summed E-state index contributed by atoms with van der Waals surface area (Å²) in [6.07, 6.45) is 6.90. The van der Waals surface area contributed by atoms with Crippen molar-refractivity contribution in [3.8, 4) is 0 Å². The number of nitrogens with zero attached hydrogens (tertiary/aromatic N) is 1. The Kier molecular flexibility index (Phi) is 2.29. The minimum Gasteiger partial charge on any atom is -0.393 e. The summed E-state index contributed by atoms with van der Waals surface area (Å²) in [5, 5.41) is 10.2. The maximum absolute atomic E-state index is 12.0. The normalized spacial score (nSPS) is 45.5. The molecule has 3 heteroatoms. The van der Waals surface area contributed by atoms with Crippen LogP contribution < -0.4 is 0 Å². The Bertz CT molecular complexity index is 317. The first kappa shape index (κ1) is 10.6. The number of aliphatic hydroxyl groups excluding tert-OH is 1. The molecule has 1 N–H and O–H groups in total. The van der Waals surface area contributed by atoms with Gasteiger partial charge in [0.25, 0.3) is 0 Å². The zero-order valence-electron chi connectivity index (χ0n) is 9.98. The first-order valence-electron chi connectivity index (χ1n) is 6.69. The van der Waals surface area contributed by atoms with Crippen molar-refractivity contribution in [2.24, 2.45) is 5.92 Å². The topological polar surface area (TPSA) is 40.5 Å². The van der Waals surface area contributed by atoms with Gasteiger partial charge in [0, 0.05) is 23.9 Å². The highest BCUT2D eigenvalue weighted by Crippen LogP contribution is 2.55. The van der Waals surface area contributed by atoms with E-state index in [1.54, 1.807) is 0 Å². The summed E-state index contributed by atoms with van der Waals surface area (Å²) in [5.74, 6) is 0.533. The number of hydrogen-bond donors (Lipinski definition) is 1. The Morgan fingerprint density at radius 2 is 2.38 bits per heavy atom. The summed E-state index contributed by atoms with van der Waals surface area (Å²) in [6.45, 7) is 2.20. The minimum absolute atomic E-state index is 0.0510. The highest BCUT2D eigenvalue weighted by molar-refractivity contribution is 5.82. The fraction of sp³-hybridized carbons (Fsp3) is 0.923. The molecule has 16 heavy (non-hydrogen) atoms. The largest absolute Gasteiger partial charge is 0.393 e. The van der Waals surface area contributed by atoms with Gasteiger partial charge >= 0.3 is 0 Å². The van der Waals surface area contributed by atoms with Crippen LogP contribution in [0.3, 0.4) is 0 Å². The zero-order valence-corrected chi connectivity index (χ0v) is 9.98. The Hall–Kier alpha value is -0.570. The molecule has 0 unspecified atom stereocenters. The Balaban J connectivity index is 1.94. The molecule has 3 saturated heterocycles. The Labute approximate surface area is 96.8 Å². The smallest absolute Gasteiger partial charge is 0.223 e.